The Hall–Kier alpha value is -3.09. The van der Waals surface area contributed by atoms with E-state index in [-0.39, 0.29) is 12.5 Å². The average Bonchev–Trinajstić information content (AvgIpc) is 2.53. The van der Waals surface area contributed by atoms with Crippen molar-refractivity contribution >= 4 is 11.9 Å². The number of benzene rings is 1. The number of pyridine rings is 1. The van der Waals surface area contributed by atoms with Gasteiger partial charge in [0.15, 0.2) is 0 Å². The number of urea groups is 1. The van der Waals surface area contributed by atoms with Crippen molar-refractivity contribution in [1.82, 2.24) is 15.6 Å². The fraction of sp³-hybridized carbons (Fsp3) is 0.188. The van der Waals surface area contributed by atoms with E-state index < -0.39 is 12.1 Å². The molecule has 1 aromatic carbocycles. The highest BCUT2D eigenvalue weighted by Gasteiger charge is 2.13. The van der Waals surface area contributed by atoms with E-state index in [1.807, 2.05) is 30.3 Å². The van der Waals surface area contributed by atoms with E-state index in [2.05, 4.69) is 15.6 Å². The second-order valence-corrected chi connectivity index (χ2v) is 4.87. The van der Waals surface area contributed by atoms with Crippen LogP contribution in [-0.4, -0.2) is 23.0 Å². The van der Waals surface area contributed by atoms with Crippen LogP contribution in [0.1, 0.15) is 12.5 Å². The molecule has 0 fully saturated rings. The third kappa shape index (κ3) is 5.31. The largest absolute Gasteiger partial charge is 0.439 e. The molecule has 1 atom stereocenters. The summed E-state index contributed by atoms with van der Waals surface area (Å²) in [5.74, 6) is 0.790. The molecule has 0 saturated carbocycles. The zero-order valence-electron chi connectivity index (χ0n) is 12.7. The lowest BCUT2D eigenvalue weighted by Gasteiger charge is -2.12. The highest BCUT2D eigenvalue weighted by atomic mass is 16.5. The fourth-order valence-electron chi connectivity index (χ4n) is 1.85. The Morgan fingerprint density at radius 1 is 1.26 bits per heavy atom. The third-order valence-electron chi connectivity index (χ3n) is 2.98. The number of carbonyl (C=O) groups is 2. The van der Waals surface area contributed by atoms with Crippen molar-refractivity contribution in [3.63, 3.8) is 0 Å². The molecule has 23 heavy (non-hydrogen) atoms. The Kier molecular flexibility index (Phi) is 5.51. The van der Waals surface area contributed by atoms with E-state index in [0.29, 0.717) is 11.6 Å². The van der Waals surface area contributed by atoms with Crippen molar-refractivity contribution in [3.05, 3.63) is 54.2 Å². The maximum atomic E-state index is 11.8. The summed E-state index contributed by atoms with van der Waals surface area (Å²) < 4.78 is 5.63. The van der Waals surface area contributed by atoms with E-state index in [4.69, 9.17) is 10.5 Å². The van der Waals surface area contributed by atoms with Gasteiger partial charge < -0.3 is 21.1 Å². The predicted octanol–water partition coefficient (Wildman–Crippen LogP) is 1.55. The second-order valence-electron chi connectivity index (χ2n) is 4.87. The van der Waals surface area contributed by atoms with Gasteiger partial charge in [-0.1, -0.05) is 18.2 Å². The molecule has 7 nitrogen and oxygen atoms in total. The van der Waals surface area contributed by atoms with Crippen LogP contribution in [0.15, 0.2) is 48.7 Å². The maximum Gasteiger partial charge on any atom is 0.312 e. The SMILES string of the molecule is CC(NC(N)=O)C(=O)NCc1ccnc(Oc2ccccc2)c1. The van der Waals surface area contributed by atoms with Crippen LogP contribution in [0.25, 0.3) is 0 Å². The summed E-state index contributed by atoms with van der Waals surface area (Å²) in [5.41, 5.74) is 5.80. The summed E-state index contributed by atoms with van der Waals surface area (Å²) in [6.07, 6.45) is 1.60. The Morgan fingerprint density at radius 2 is 2.00 bits per heavy atom. The van der Waals surface area contributed by atoms with Crippen molar-refractivity contribution < 1.29 is 14.3 Å². The number of hydrogen-bond acceptors (Lipinski definition) is 4. The molecular formula is C16H18N4O3. The van der Waals surface area contributed by atoms with Crippen LogP contribution in [0.5, 0.6) is 11.6 Å². The van der Waals surface area contributed by atoms with Crippen LogP contribution in [0, 0.1) is 0 Å². The van der Waals surface area contributed by atoms with Crippen molar-refractivity contribution in [1.29, 1.82) is 0 Å². The summed E-state index contributed by atoms with van der Waals surface area (Å²) in [4.78, 5) is 26.6. The summed E-state index contributed by atoms with van der Waals surface area (Å²) in [6.45, 7) is 1.84. The smallest absolute Gasteiger partial charge is 0.312 e. The van der Waals surface area contributed by atoms with Gasteiger partial charge in [-0.3, -0.25) is 4.79 Å². The topological polar surface area (TPSA) is 106 Å². The minimum Gasteiger partial charge on any atom is -0.439 e. The molecule has 2 aromatic rings. The quantitative estimate of drug-likeness (QED) is 0.752. The van der Waals surface area contributed by atoms with Crippen molar-refractivity contribution in [2.45, 2.75) is 19.5 Å². The minimum atomic E-state index is -0.741. The Bertz CT molecular complexity index is 676. The lowest BCUT2D eigenvalue weighted by Crippen LogP contribution is -2.46. The highest BCUT2D eigenvalue weighted by Crippen LogP contribution is 2.19. The second kappa shape index (κ2) is 7.79. The Balaban J connectivity index is 1.92. The van der Waals surface area contributed by atoms with Crippen molar-refractivity contribution in [2.24, 2.45) is 5.73 Å². The number of amides is 3. The van der Waals surface area contributed by atoms with Crippen LogP contribution in [0.4, 0.5) is 4.79 Å². The molecule has 0 saturated heterocycles. The van der Waals surface area contributed by atoms with Crippen molar-refractivity contribution in [3.8, 4) is 11.6 Å². The Morgan fingerprint density at radius 3 is 2.70 bits per heavy atom. The van der Waals surface area contributed by atoms with E-state index in [1.165, 1.54) is 0 Å². The molecule has 2 rings (SSSR count). The van der Waals surface area contributed by atoms with Gasteiger partial charge in [0.2, 0.25) is 11.8 Å². The molecule has 1 unspecified atom stereocenters. The summed E-state index contributed by atoms with van der Waals surface area (Å²) >= 11 is 0. The molecule has 3 amide bonds. The normalized spacial score (nSPS) is 11.3. The minimum absolute atomic E-state index is 0.289. The number of hydrogen-bond donors (Lipinski definition) is 3. The summed E-state index contributed by atoms with van der Waals surface area (Å²) in [6, 6.07) is 11.3. The zero-order chi connectivity index (χ0) is 16.7. The number of rotatable bonds is 6. The first-order valence-electron chi connectivity index (χ1n) is 7.06. The van der Waals surface area contributed by atoms with Crippen LogP contribution >= 0.6 is 0 Å². The number of nitrogens with zero attached hydrogens (tertiary/aromatic N) is 1. The third-order valence-corrected chi connectivity index (χ3v) is 2.98. The molecule has 0 radical (unpaired) electrons. The first-order chi connectivity index (χ1) is 11.0. The molecule has 0 aliphatic rings. The van der Waals surface area contributed by atoms with E-state index in [1.54, 1.807) is 25.3 Å². The van der Waals surface area contributed by atoms with E-state index in [9.17, 15) is 9.59 Å². The van der Waals surface area contributed by atoms with Crippen molar-refractivity contribution in [2.75, 3.05) is 0 Å². The molecule has 1 heterocycles. The summed E-state index contributed by atoms with van der Waals surface area (Å²) in [7, 11) is 0. The highest BCUT2D eigenvalue weighted by molar-refractivity contribution is 5.86. The number of para-hydroxylation sites is 1. The van der Waals surface area contributed by atoms with Gasteiger partial charge in [0.05, 0.1) is 0 Å². The van der Waals surface area contributed by atoms with Crippen LogP contribution < -0.4 is 21.1 Å². The lowest BCUT2D eigenvalue weighted by atomic mass is 10.2. The van der Waals surface area contributed by atoms with Gasteiger partial charge in [0.1, 0.15) is 11.8 Å². The molecule has 120 valence electrons. The molecule has 0 aliphatic heterocycles. The number of aromatic nitrogens is 1. The molecule has 0 aliphatic carbocycles. The number of carbonyl (C=O) groups excluding carboxylic acids is 2. The van der Waals surface area contributed by atoms with Gasteiger partial charge in [0, 0.05) is 18.8 Å². The molecular weight excluding hydrogens is 296 g/mol. The average molecular weight is 314 g/mol. The van der Waals surface area contributed by atoms with Gasteiger partial charge in [-0.25, -0.2) is 9.78 Å². The van der Waals surface area contributed by atoms with Gasteiger partial charge in [-0.05, 0) is 30.7 Å². The van der Waals surface area contributed by atoms with Gasteiger partial charge in [-0.15, -0.1) is 0 Å². The fourth-order valence-corrected chi connectivity index (χ4v) is 1.85. The van der Waals surface area contributed by atoms with Crippen LogP contribution in [0.2, 0.25) is 0 Å². The predicted molar refractivity (Wildman–Crippen MR) is 84.8 cm³/mol. The van der Waals surface area contributed by atoms with E-state index >= 15 is 0 Å². The van der Waals surface area contributed by atoms with Crippen LogP contribution in [0.3, 0.4) is 0 Å². The monoisotopic (exact) mass is 314 g/mol. The van der Waals surface area contributed by atoms with Gasteiger partial charge >= 0.3 is 6.03 Å². The first-order valence-corrected chi connectivity index (χ1v) is 7.06. The number of nitrogens with one attached hydrogen (secondary N) is 2. The van der Waals surface area contributed by atoms with Crippen LogP contribution in [-0.2, 0) is 11.3 Å². The van der Waals surface area contributed by atoms with Gasteiger partial charge in [-0.2, -0.15) is 0 Å². The molecule has 4 N–H and O–H groups in total. The number of ether oxygens (including phenoxy) is 1. The zero-order valence-corrected chi connectivity index (χ0v) is 12.7. The lowest BCUT2D eigenvalue weighted by molar-refractivity contribution is -0.122. The number of nitrogens with two attached hydrogens (primary N) is 1. The maximum absolute atomic E-state index is 11.8. The molecule has 7 heteroatoms. The first kappa shape index (κ1) is 16.3. The van der Waals surface area contributed by atoms with E-state index in [0.717, 1.165) is 5.56 Å². The Labute approximate surface area is 133 Å². The molecule has 0 bridgehead atoms. The molecule has 0 spiro atoms. The number of primary amides is 1. The summed E-state index contributed by atoms with van der Waals surface area (Å²) in [5, 5.41) is 5.02. The standard InChI is InChI=1S/C16H18N4O3/c1-11(20-16(17)22)15(21)19-10-12-7-8-18-14(9-12)23-13-5-3-2-4-6-13/h2-9,11H,10H2,1H3,(H,19,21)(H3,17,20,22). The molecule has 1 aromatic heterocycles. The van der Waals surface area contributed by atoms with Gasteiger partial charge in [0.25, 0.3) is 0 Å².